The molecule has 0 saturated heterocycles. The molecule has 0 aromatic carbocycles. The molecule has 0 spiro atoms. The molecule has 0 radical (unpaired) electrons. The van der Waals surface area contributed by atoms with Crippen LogP contribution in [0.3, 0.4) is 0 Å². The number of carboxylic acids is 4. The van der Waals surface area contributed by atoms with E-state index in [1.807, 2.05) is 0 Å². The molecule has 0 aromatic rings. The molecule has 0 heterocycles. The first-order valence-corrected chi connectivity index (χ1v) is 4.71. The molecular weight excluding hydrogens is 300 g/mol. The predicted octanol–water partition coefficient (Wildman–Crippen LogP) is 2.29. The molecule has 10 N–H and O–H groups in total. The second-order valence-corrected chi connectivity index (χ2v) is 2.08. The molecule has 0 rings (SSSR count). The molecule has 0 aromatic heterocycles. The van der Waals surface area contributed by atoms with Crippen molar-refractivity contribution in [2.75, 3.05) is 0 Å². The summed E-state index contributed by atoms with van der Waals surface area (Å²) < 4.78 is 0. The molecular formula is C12H30N2O8. The average Bonchev–Trinajstić information content (AvgIpc) is 2.19. The van der Waals surface area contributed by atoms with Crippen LogP contribution in [-0.4, -0.2) is 44.3 Å². The Kier molecular flexibility index (Phi) is 146. The number of rotatable bonds is 0. The van der Waals surface area contributed by atoms with Gasteiger partial charge in [-0.05, 0) is 0 Å². The van der Waals surface area contributed by atoms with Gasteiger partial charge in [-0.2, -0.15) is 0 Å². The molecule has 10 heteroatoms. The highest BCUT2D eigenvalue weighted by Crippen LogP contribution is 1.43. The fourth-order valence-corrected chi connectivity index (χ4v) is 0. The van der Waals surface area contributed by atoms with Gasteiger partial charge in [-0.15, -0.1) is 26.3 Å². The molecule has 22 heavy (non-hydrogen) atoms. The Labute approximate surface area is 130 Å². The third-order valence-corrected chi connectivity index (χ3v) is 0. The molecule has 10 nitrogen and oxygen atoms in total. The Morgan fingerprint density at radius 3 is 0.500 bits per heavy atom. The molecule has 0 unspecified atom stereocenters. The van der Waals surface area contributed by atoms with Crippen molar-refractivity contribution < 1.29 is 39.6 Å². The van der Waals surface area contributed by atoms with Crippen LogP contribution in [0.4, 0.5) is 0 Å². The van der Waals surface area contributed by atoms with Crippen LogP contribution in [0.1, 0.15) is 27.7 Å². The van der Waals surface area contributed by atoms with Crippen LogP contribution in [0.15, 0.2) is 26.3 Å². The topological polar surface area (TPSA) is 219 Å². The Balaban J connectivity index is -0.0000000179. The van der Waals surface area contributed by atoms with Gasteiger partial charge in [-0.3, -0.25) is 19.2 Å². The van der Waals surface area contributed by atoms with E-state index < -0.39 is 23.9 Å². The third-order valence-electron chi connectivity index (χ3n) is 0. The Morgan fingerprint density at radius 1 is 0.500 bits per heavy atom. The summed E-state index contributed by atoms with van der Waals surface area (Å²) in [6.07, 6.45) is 0. The lowest BCUT2D eigenvalue weighted by Crippen LogP contribution is -1.78. The zero-order chi connectivity index (χ0) is 18.3. The first-order chi connectivity index (χ1) is 8.93. The van der Waals surface area contributed by atoms with Gasteiger partial charge >= 0.3 is 0 Å². The number of hydrogen-bond donors (Lipinski definition) is 6. The minimum Gasteiger partial charge on any atom is -0.481 e. The van der Waals surface area contributed by atoms with E-state index in [0.717, 1.165) is 27.7 Å². The van der Waals surface area contributed by atoms with Crippen molar-refractivity contribution in [3.8, 4) is 0 Å². The van der Waals surface area contributed by atoms with Crippen LogP contribution in [0.25, 0.3) is 0 Å². The van der Waals surface area contributed by atoms with Gasteiger partial charge in [0, 0.05) is 27.7 Å². The summed E-state index contributed by atoms with van der Waals surface area (Å²) in [5.74, 6) is -3.33. The van der Waals surface area contributed by atoms with E-state index in [1.165, 1.54) is 0 Å². The quantitative estimate of drug-likeness (QED) is 0.355. The maximum atomic E-state index is 9.00. The molecule has 136 valence electrons. The average molecular weight is 330 g/mol. The monoisotopic (exact) mass is 330 g/mol. The fraction of sp³-hybridized carbons (Fsp3) is 0.333. The Morgan fingerprint density at radius 2 is 0.500 bits per heavy atom. The van der Waals surface area contributed by atoms with Gasteiger partial charge in [0.25, 0.3) is 23.9 Å². The molecule has 0 bridgehead atoms. The van der Waals surface area contributed by atoms with Gasteiger partial charge in [0.2, 0.25) is 0 Å². The SMILES string of the molecule is C=C.C=C.CC(=O)O.CC(=O)O.CC(=O)O.CC(=O)O.N.N. The maximum Gasteiger partial charge on any atom is 0.300 e. The second kappa shape index (κ2) is 63.4. The van der Waals surface area contributed by atoms with Crippen molar-refractivity contribution in [3.05, 3.63) is 26.3 Å². The van der Waals surface area contributed by atoms with Crippen molar-refractivity contribution >= 4 is 23.9 Å². The first kappa shape index (κ1) is 50.6. The van der Waals surface area contributed by atoms with Gasteiger partial charge < -0.3 is 32.7 Å². The molecule has 0 aliphatic carbocycles. The third kappa shape index (κ3) is 619. The molecule has 0 atom stereocenters. The van der Waals surface area contributed by atoms with E-state index in [0.29, 0.717) is 0 Å². The zero-order valence-corrected chi connectivity index (χ0v) is 13.7. The van der Waals surface area contributed by atoms with Crippen molar-refractivity contribution in [3.63, 3.8) is 0 Å². The molecule has 0 aliphatic rings. The summed E-state index contributed by atoms with van der Waals surface area (Å²) in [7, 11) is 0. The summed E-state index contributed by atoms with van der Waals surface area (Å²) in [5, 5.41) is 29.7. The Hall–Kier alpha value is -2.72. The molecule has 0 aliphatic heterocycles. The van der Waals surface area contributed by atoms with E-state index >= 15 is 0 Å². The zero-order valence-electron chi connectivity index (χ0n) is 13.7. The van der Waals surface area contributed by atoms with Crippen molar-refractivity contribution in [1.82, 2.24) is 12.3 Å². The van der Waals surface area contributed by atoms with Crippen molar-refractivity contribution in [2.45, 2.75) is 27.7 Å². The lowest BCUT2D eigenvalue weighted by atomic mass is 10.9. The van der Waals surface area contributed by atoms with Crippen LogP contribution in [0.2, 0.25) is 0 Å². The summed E-state index contributed by atoms with van der Waals surface area (Å²) in [6.45, 7) is 16.3. The number of carboxylic acid groups (broad SMARTS) is 4. The predicted molar refractivity (Wildman–Crippen MR) is 85.8 cm³/mol. The first-order valence-electron chi connectivity index (χ1n) is 4.71. The summed E-state index contributed by atoms with van der Waals surface area (Å²) in [4.78, 5) is 36.0. The van der Waals surface area contributed by atoms with Crippen LogP contribution in [-0.2, 0) is 19.2 Å². The van der Waals surface area contributed by atoms with Gasteiger partial charge in [-0.25, -0.2) is 0 Å². The summed E-state index contributed by atoms with van der Waals surface area (Å²) in [6, 6.07) is 0. The van der Waals surface area contributed by atoms with E-state index in [1.54, 1.807) is 0 Å². The van der Waals surface area contributed by atoms with Crippen LogP contribution < -0.4 is 12.3 Å². The van der Waals surface area contributed by atoms with E-state index in [2.05, 4.69) is 26.3 Å². The minimum absolute atomic E-state index is 0. The summed E-state index contributed by atoms with van der Waals surface area (Å²) >= 11 is 0. The number of carbonyl (C=O) groups is 4. The number of hydrogen-bond acceptors (Lipinski definition) is 6. The van der Waals surface area contributed by atoms with Crippen molar-refractivity contribution in [2.24, 2.45) is 0 Å². The molecule has 0 amide bonds. The van der Waals surface area contributed by atoms with Crippen LogP contribution >= 0.6 is 0 Å². The molecule has 0 fully saturated rings. The fourth-order valence-electron chi connectivity index (χ4n) is 0. The Bertz CT molecular complexity index is 192. The van der Waals surface area contributed by atoms with Crippen LogP contribution in [0, 0.1) is 0 Å². The smallest absolute Gasteiger partial charge is 0.300 e. The lowest BCUT2D eigenvalue weighted by molar-refractivity contribution is -0.135. The molecule has 0 saturated carbocycles. The second-order valence-electron chi connectivity index (χ2n) is 2.08. The van der Waals surface area contributed by atoms with E-state index in [-0.39, 0.29) is 12.3 Å². The van der Waals surface area contributed by atoms with Crippen LogP contribution in [0.5, 0.6) is 0 Å². The minimum atomic E-state index is -0.833. The standard InChI is InChI=1S/4C2H4O2.2C2H4.2H3N/c4*1-2(3)4;2*1-2;;/h4*1H3,(H,3,4);2*1-2H2;2*1H3. The largest absolute Gasteiger partial charge is 0.481 e. The highest BCUT2D eigenvalue weighted by atomic mass is 16.4. The maximum absolute atomic E-state index is 9.00. The van der Waals surface area contributed by atoms with E-state index in [9.17, 15) is 0 Å². The lowest BCUT2D eigenvalue weighted by Gasteiger charge is -1.59. The van der Waals surface area contributed by atoms with Gasteiger partial charge in [-0.1, -0.05) is 0 Å². The van der Waals surface area contributed by atoms with E-state index in [4.69, 9.17) is 39.6 Å². The van der Waals surface area contributed by atoms with Gasteiger partial charge in [0.05, 0.1) is 0 Å². The summed E-state index contributed by atoms with van der Waals surface area (Å²) in [5.41, 5.74) is 0. The highest BCUT2D eigenvalue weighted by molar-refractivity contribution is 5.63. The normalized spacial score (nSPS) is 4.91. The number of aliphatic carboxylic acids is 4. The highest BCUT2D eigenvalue weighted by Gasteiger charge is 1.66. The van der Waals surface area contributed by atoms with Gasteiger partial charge in [0.1, 0.15) is 0 Å². The van der Waals surface area contributed by atoms with Gasteiger partial charge in [0.15, 0.2) is 0 Å². The van der Waals surface area contributed by atoms with Crippen molar-refractivity contribution in [1.29, 1.82) is 0 Å².